The molecule has 1 N–H and O–H groups in total. The molecule has 112 valence electrons. The van der Waals surface area contributed by atoms with Gasteiger partial charge in [0, 0.05) is 31.3 Å². The minimum atomic E-state index is -0.979. The zero-order valence-corrected chi connectivity index (χ0v) is 12.8. The van der Waals surface area contributed by atoms with Gasteiger partial charge in [-0.05, 0) is 36.6 Å². The summed E-state index contributed by atoms with van der Waals surface area (Å²) in [5.41, 5.74) is 1.73. The van der Waals surface area contributed by atoms with Crippen LogP contribution in [0.5, 0.6) is 0 Å². The first-order valence-electron chi connectivity index (χ1n) is 6.66. The van der Waals surface area contributed by atoms with Crippen molar-refractivity contribution in [1.82, 2.24) is 0 Å². The summed E-state index contributed by atoms with van der Waals surface area (Å²) in [6.45, 7) is 3.90. The third-order valence-electron chi connectivity index (χ3n) is 3.46. The minimum Gasteiger partial charge on any atom is -0.478 e. The number of carboxylic acids is 1. The normalized spacial score (nSPS) is 18.1. The lowest BCUT2D eigenvalue weighted by atomic mass is 10.1. The van der Waals surface area contributed by atoms with Crippen LogP contribution in [0.2, 0.25) is 0 Å². The predicted octanol–water partition coefficient (Wildman–Crippen LogP) is 2.33. The third-order valence-corrected chi connectivity index (χ3v) is 4.51. The molecule has 21 heavy (non-hydrogen) atoms. The Morgan fingerprint density at radius 3 is 2.71 bits per heavy atom. The maximum Gasteiger partial charge on any atom is 0.335 e. The summed E-state index contributed by atoms with van der Waals surface area (Å²) in [5.74, 6) is -0.155. The summed E-state index contributed by atoms with van der Waals surface area (Å²) in [4.78, 5) is 35.7. The van der Waals surface area contributed by atoms with Crippen LogP contribution in [-0.4, -0.2) is 34.4 Å². The van der Waals surface area contributed by atoms with Gasteiger partial charge in [0.25, 0.3) is 0 Å². The molecule has 1 aromatic rings. The molecule has 0 saturated carbocycles. The van der Waals surface area contributed by atoms with Crippen LogP contribution in [0.1, 0.15) is 29.3 Å². The molecular weight excluding hydrogens is 290 g/mol. The van der Waals surface area contributed by atoms with Gasteiger partial charge >= 0.3 is 5.97 Å². The monoisotopic (exact) mass is 307 g/mol. The molecule has 1 fully saturated rings. The second-order valence-electron chi connectivity index (χ2n) is 5.18. The molecule has 1 amide bonds. The molecule has 1 unspecified atom stereocenters. The number of hydrogen-bond acceptors (Lipinski definition) is 4. The standard InChI is InChI=1S/C15H17NO4S/c1-9-5-12(15(19)20)3-4-13(9)16-7-11(6-14(16)18)8-21-10(2)17/h3-5,11H,6-8H2,1-2H3,(H,19,20). The van der Waals surface area contributed by atoms with Gasteiger partial charge in [0.05, 0.1) is 5.56 Å². The molecule has 1 aliphatic rings. The van der Waals surface area contributed by atoms with Gasteiger partial charge in [-0.15, -0.1) is 0 Å². The maximum absolute atomic E-state index is 12.1. The zero-order chi connectivity index (χ0) is 15.6. The largest absolute Gasteiger partial charge is 0.478 e. The van der Waals surface area contributed by atoms with Crippen molar-refractivity contribution in [1.29, 1.82) is 0 Å². The number of carbonyl (C=O) groups is 3. The number of nitrogens with zero attached hydrogens (tertiary/aromatic N) is 1. The third kappa shape index (κ3) is 3.64. The van der Waals surface area contributed by atoms with E-state index < -0.39 is 5.97 Å². The molecule has 0 spiro atoms. The van der Waals surface area contributed by atoms with Crippen LogP contribution in [0.25, 0.3) is 0 Å². The molecule has 0 bridgehead atoms. The van der Waals surface area contributed by atoms with E-state index in [-0.39, 0.29) is 22.5 Å². The fraction of sp³-hybridized carbons (Fsp3) is 0.400. The van der Waals surface area contributed by atoms with E-state index >= 15 is 0 Å². The molecule has 1 atom stereocenters. The Labute approximate surface area is 127 Å². The molecule has 6 heteroatoms. The molecule has 1 aromatic carbocycles. The van der Waals surface area contributed by atoms with Crippen molar-refractivity contribution < 1.29 is 19.5 Å². The number of anilines is 1. The Morgan fingerprint density at radius 2 is 2.14 bits per heavy atom. The van der Waals surface area contributed by atoms with Gasteiger partial charge in [0.2, 0.25) is 5.91 Å². The highest BCUT2D eigenvalue weighted by atomic mass is 32.2. The first-order chi connectivity index (χ1) is 9.88. The first-order valence-corrected chi connectivity index (χ1v) is 7.64. The molecular formula is C15H17NO4S. The minimum absolute atomic E-state index is 0.0235. The number of thioether (sulfide) groups is 1. The van der Waals surface area contributed by atoms with Gasteiger partial charge in [-0.25, -0.2) is 4.79 Å². The van der Waals surface area contributed by atoms with E-state index in [9.17, 15) is 14.4 Å². The SMILES string of the molecule is CC(=O)SCC1CC(=O)N(c2ccc(C(=O)O)cc2C)C1. The number of benzene rings is 1. The summed E-state index contributed by atoms with van der Waals surface area (Å²) in [5, 5.41) is 9.02. The lowest BCUT2D eigenvalue weighted by molar-refractivity contribution is -0.117. The summed E-state index contributed by atoms with van der Waals surface area (Å²) < 4.78 is 0. The van der Waals surface area contributed by atoms with Crippen LogP contribution in [0, 0.1) is 12.8 Å². The molecule has 2 rings (SSSR count). The van der Waals surface area contributed by atoms with Crippen LogP contribution in [0.15, 0.2) is 18.2 Å². The van der Waals surface area contributed by atoms with E-state index in [1.54, 1.807) is 24.0 Å². The molecule has 0 aliphatic carbocycles. The number of carboxylic acid groups (broad SMARTS) is 1. The van der Waals surface area contributed by atoms with Crippen molar-refractivity contribution >= 4 is 34.4 Å². The first kappa shape index (κ1) is 15.6. The molecule has 0 aromatic heterocycles. The quantitative estimate of drug-likeness (QED) is 0.924. The van der Waals surface area contributed by atoms with Crippen molar-refractivity contribution in [2.75, 3.05) is 17.2 Å². The van der Waals surface area contributed by atoms with Gasteiger partial charge in [-0.3, -0.25) is 9.59 Å². The second-order valence-corrected chi connectivity index (χ2v) is 6.38. The molecule has 5 nitrogen and oxygen atoms in total. The van der Waals surface area contributed by atoms with Crippen molar-refractivity contribution in [2.45, 2.75) is 20.3 Å². The fourth-order valence-corrected chi connectivity index (χ4v) is 3.15. The fourth-order valence-electron chi connectivity index (χ4n) is 2.45. The Bertz CT molecular complexity index is 599. The number of hydrogen-bond donors (Lipinski definition) is 1. The van der Waals surface area contributed by atoms with E-state index in [0.29, 0.717) is 18.7 Å². The number of rotatable bonds is 4. The van der Waals surface area contributed by atoms with Gasteiger partial charge in [0.1, 0.15) is 0 Å². The highest BCUT2D eigenvalue weighted by molar-refractivity contribution is 8.13. The van der Waals surface area contributed by atoms with Crippen molar-refractivity contribution in [3.8, 4) is 0 Å². The van der Waals surface area contributed by atoms with Crippen LogP contribution in [0.4, 0.5) is 5.69 Å². The Balaban J connectivity index is 2.13. The lowest BCUT2D eigenvalue weighted by Crippen LogP contribution is -2.25. The Morgan fingerprint density at radius 1 is 1.43 bits per heavy atom. The molecule has 1 saturated heterocycles. The van der Waals surface area contributed by atoms with Gasteiger partial charge < -0.3 is 10.0 Å². The van der Waals surface area contributed by atoms with E-state index in [2.05, 4.69) is 0 Å². The van der Waals surface area contributed by atoms with Crippen molar-refractivity contribution in [2.24, 2.45) is 5.92 Å². The van der Waals surface area contributed by atoms with Crippen LogP contribution < -0.4 is 4.90 Å². The molecule has 0 radical (unpaired) electrons. The maximum atomic E-state index is 12.1. The summed E-state index contributed by atoms with van der Waals surface area (Å²) >= 11 is 1.24. The average Bonchev–Trinajstić information content (AvgIpc) is 2.77. The number of aromatic carboxylic acids is 1. The number of amides is 1. The predicted molar refractivity (Wildman–Crippen MR) is 81.7 cm³/mol. The van der Waals surface area contributed by atoms with Crippen molar-refractivity contribution in [3.05, 3.63) is 29.3 Å². The van der Waals surface area contributed by atoms with Gasteiger partial charge in [-0.1, -0.05) is 11.8 Å². The van der Waals surface area contributed by atoms with Gasteiger partial charge in [-0.2, -0.15) is 0 Å². The smallest absolute Gasteiger partial charge is 0.335 e. The van der Waals surface area contributed by atoms with E-state index in [4.69, 9.17) is 5.11 Å². The number of carbonyl (C=O) groups excluding carboxylic acids is 2. The Kier molecular flexibility index (Phi) is 4.67. The highest BCUT2D eigenvalue weighted by Crippen LogP contribution is 2.30. The summed E-state index contributed by atoms with van der Waals surface area (Å²) in [6, 6.07) is 4.76. The highest BCUT2D eigenvalue weighted by Gasteiger charge is 2.31. The average molecular weight is 307 g/mol. The van der Waals surface area contributed by atoms with Crippen LogP contribution in [0.3, 0.4) is 0 Å². The Hall–Kier alpha value is -1.82. The number of aryl methyl sites for hydroxylation is 1. The van der Waals surface area contributed by atoms with E-state index in [1.165, 1.54) is 24.8 Å². The van der Waals surface area contributed by atoms with Crippen LogP contribution in [-0.2, 0) is 9.59 Å². The van der Waals surface area contributed by atoms with E-state index in [1.807, 2.05) is 0 Å². The zero-order valence-electron chi connectivity index (χ0n) is 12.0. The molecule has 1 heterocycles. The van der Waals surface area contributed by atoms with Crippen molar-refractivity contribution in [3.63, 3.8) is 0 Å². The summed E-state index contributed by atoms with van der Waals surface area (Å²) in [6.07, 6.45) is 0.431. The van der Waals surface area contributed by atoms with E-state index in [0.717, 1.165) is 11.3 Å². The summed E-state index contributed by atoms with van der Waals surface area (Å²) in [7, 11) is 0. The molecule has 1 aliphatic heterocycles. The topological polar surface area (TPSA) is 74.7 Å². The second kappa shape index (κ2) is 6.30. The van der Waals surface area contributed by atoms with Crippen LogP contribution >= 0.6 is 11.8 Å². The van der Waals surface area contributed by atoms with Gasteiger partial charge in [0.15, 0.2) is 5.12 Å². The lowest BCUT2D eigenvalue weighted by Gasteiger charge is -2.19.